The minimum absolute atomic E-state index is 0.206. The molecule has 0 radical (unpaired) electrons. The number of thioether (sulfide) groups is 1. The van der Waals surface area contributed by atoms with Gasteiger partial charge in [-0.15, -0.1) is 10.2 Å². The zero-order valence-corrected chi connectivity index (χ0v) is 12.6. The highest BCUT2D eigenvalue weighted by Crippen LogP contribution is 2.39. The van der Waals surface area contributed by atoms with Crippen LogP contribution in [0, 0.1) is 0 Å². The van der Waals surface area contributed by atoms with E-state index in [2.05, 4.69) is 10.2 Å². The monoisotopic (exact) mass is 302 g/mol. The van der Waals surface area contributed by atoms with E-state index >= 15 is 0 Å². The van der Waals surface area contributed by atoms with Gasteiger partial charge >= 0.3 is 5.97 Å². The number of hydrogen-bond acceptors (Lipinski definition) is 7. The van der Waals surface area contributed by atoms with E-state index in [0.29, 0.717) is 12.8 Å². The number of nitrogens with two attached hydrogens (primary N) is 1. The van der Waals surface area contributed by atoms with Gasteiger partial charge in [-0.2, -0.15) is 0 Å². The average molecular weight is 302 g/mol. The second-order valence-corrected chi connectivity index (χ2v) is 7.55. The average Bonchev–Trinajstić information content (AvgIpc) is 2.77. The topological polar surface area (TPSA) is 92.3 Å². The van der Waals surface area contributed by atoms with Crippen molar-refractivity contribution in [3.8, 4) is 0 Å². The lowest BCUT2D eigenvalue weighted by atomic mass is 9.82. The Bertz CT molecular complexity index is 465. The highest BCUT2D eigenvalue weighted by atomic mass is 32.2. The van der Waals surface area contributed by atoms with Crippen molar-refractivity contribution in [3.05, 3.63) is 0 Å². The van der Waals surface area contributed by atoms with Crippen LogP contribution >= 0.6 is 23.1 Å². The number of hydrogen-bond donors (Lipinski definition) is 2. The molecule has 2 atom stereocenters. The molecular formula is C11H18N4O2S2. The Morgan fingerprint density at radius 1 is 1.58 bits per heavy atom. The summed E-state index contributed by atoms with van der Waals surface area (Å²) >= 11 is 3.12. The minimum atomic E-state index is -1.08. The number of carbonyl (C=O) groups is 1. The maximum atomic E-state index is 11.2. The Kier molecular flexibility index (Phi) is 4.32. The summed E-state index contributed by atoms with van der Waals surface area (Å²) in [5.74, 6) is -0.899. The molecule has 106 valence electrons. The van der Waals surface area contributed by atoms with Crippen LogP contribution in [0.1, 0.15) is 25.7 Å². The van der Waals surface area contributed by atoms with E-state index in [9.17, 15) is 9.90 Å². The molecule has 8 heteroatoms. The maximum absolute atomic E-state index is 11.2. The van der Waals surface area contributed by atoms with Crippen molar-refractivity contribution in [3.63, 3.8) is 0 Å². The number of nitrogens with zero attached hydrogens (tertiary/aromatic N) is 3. The molecule has 0 saturated heterocycles. The van der Waals surface area contributed by atoms with Crippen LogP contribution in [-0.4, -0.2) is 46.2 Å². The van der Waals surface area contributed by atoms with E-state index in [-0.39, 0.29) is 5.25 Å². The highest BCUT2D eigenvalue weighted by molar-refractivity contribution is 8.01. The Morgan fingerprint density at radius 3 is 2.89 bits per heavy atom. The van der Waals surface area contributed by atoms with Crippen LogP contribution in [-0.2, 0) is 4.79 Å². The van der Waals surface area contributed by atoms with Crippen molar-refractivity contribution in [1.82, 2.24) is 10.2 Å². The van der Waals surface area contributed by atoms with Crippen molar-refractivity contribution in [2.75, 3.05) is 19.0 Å². The first-order valence-electron chi connectivity index (χ1n) is 6.10. The molecule has 2 unspecified atom stereocenters. The third kappa shape index (κ3) is 3.37. The van der Waals surface area contributed by atoms with E-state index in [1.807, 2.05) is 19.0 Å². The molecule has 1 heterocycles. The lowest BCUT2D eigenvalue weighted by molar-refractivity contribution is -0.144. The number of carboxylic acids is 1. The largest absolute Gasteiger partial charge is 0.480 e. The molecule has 0 bridgehead atoms. The van der Waals surface area contributed by atoms with Crippen LogP contribution in [0.15, 0.2) is 4.34 Å². The molecule has 1 saturated carbocycles. The minimum Gasteiger partial charge on any atom is -0.480 e. The summed E-state index contributed by atoms with van der Waals surface area (Å²) in [6.45, 7) is 0. The van der Waals surface area contributed by atoms with Gasteiger partial charge in [0.2, 0.25) is 5.13 Å². The maximum Gasteiger partial charge on any atom is 0.323 e. The smallest absolute Gasteiger partial charge is 0.323 e. The molecular weight excluding hydrogens is 284 g/mol. The van der Waals surface area contributed by atoms with Gasteiger partial charge in [-0.3, -0.25) is 4.79 Å². The van der Waals surface area contributed by atoms with Crippen LogP contribution < -0.4 is 10.6 Å². The highest BCUT2D eigenvalue weighted by Gasteiger charge is 2.39. The number of aliphatic carboxylic acids is 1. The Labute approximate surface area is 120 Å². The number of aromatic nitrogens is 2. The summed E-state index contributed by atoms with van der Waals surface area (Å²) in [6.07, 6.45) is 2.87. The van der Waals surface area contributed by atoms with E-state index < -0.39 is 11.5 Å². The predicted molar refractivity (Wildman–Crippen MR) is 76.9 cm³/mol. The molecule has 0 spiro atoms. The van der Waals surface area contributed by atoms with E-state index in [0.717, 1.165) is 22.3 Å². The third-order valence-corrected chi connectivity index (χ3v) is 5.66. The van der Waals surface area contributed by atoms with Crippen molar-refractivity contribution in [2.45, 2.75) is 40.8 Å². The molecule has 1 aromatic heterocycles. The molecule has 1 aliphatic rings. The first-order chi connectivity index (χ1) is 8.90. The van der Waals surface area contributed by atoms with Gasteiger partial charge in [0.1, 0.15) is 5.54 Å². The van der Waals surface area contributed by atoms with Gasteiger partial charge in [-0.05, 0) is 25.7 Å². The Hall–Kier alpha value is -0.860. The normalized spacial score (nSPS) is 27.2. The molecule has 0 aliphatic heterocycles. The van der Waals surface area contributed by atoms with E-state index in [4.69, 9.17) is 5.73 Å². The zero-order valence-electron chi connectivity index (χ0n) is 11.0. The second-order valence-electron chi connectivity index (χ2n) is 5.04. The van der Waals surface area contributed by atoms with Gasteiger partial charge in [0.05, 0.1) is 0 Å². The Balaban J connectivity index is 2.00. The first kappa shape index (κ1) is 14.5. The second kappa shape index (κ2) is 5.64. The molecule has 3 N–H and O–H groups in total. The first-order valence-corrected chi connectivity index (χ1v) is 7.80. The number of rotatable bonds is 4. The van der Waals surface area contributed by atoms with Gasteiger partial charge < -0.3 is 15.7 Å². The van der Waals surface area contributed by atoms with Crippen molar-refractivity contribution < 1.29 is 9.90 Å². The van der Waals surface area contributed by atoms with Crippen molar-refractivity contribution >= 4 is 34.2 Å². The van der Waals surface area contributed by atoms with E-state index in [1.165, 1.54) is 11.3 Å². The quantitative estimate of drug-likeness (QED) is 0.869. The van der Waals surface area contributed by atoms with Crippen LogP contribution in [0.2, 0.25) is 0 Å². The summed E-state index contributed by atoms with van der Waals surface area (Å²) in [5.41, 5.74) is 4.87. The predicted octanol–water partition coefficient (Wildman–Crippen LogP) is 1.42. The molecule has 1 aromatic rings. The van der Waals surface area contributed by atoms with Crippen molar-refractivity contribution in [2.24, 2.45) is 5.73 Å². The van der Waals surface area contributed by atoms with Gasteiger partial charge in [0.15, 0.2) is 4.34 Å². The fourth-order valence-corrected chi connectivity index (χ4v) is 4.49. The molecule has 0 amide bonds. The van der Waals surface area contributed by atoms with Gasteiger partial charge in [-0.25, -0.2) is 0 Å². The molecule has 2 rings (SSSR count). The van der Waals surface area contributed by atoms with Crippen LogP contribution in [0.5, 0.6) is 0 Å². The summed E-state index contributed by atoms with van der Waals surface area (Å²) < 4.78 is 0.878. The molecule has 19 heavy (non-hydrogen) atoms. The summed E-state index contributed by atoms with van der Waals surface area (Å²) in [5, 5.41) is 18.5. The van der Waals surface area contributed by atoms with Gasteiger partial charge in [-0.1, -0.05) is 23.1 Å². The standard InChI is InChI=1S/C11H18N4O2S2/c1-15(2)9-13-14-10(19-9)18-7-4-3-5-11(12,6-7)8(16)17/h7H,3-6,12H2,1-2H3,(H,16,17). The fourth-order valence-electron chi connectivity index (χ4n) is 2.12. The molecule has 6 nitrogen and oxygen atoms in total. The lowest BCUT2D eigenvalue weighted by Gasteiger charge is -2.33. The van der Waals surface area contributed by atoms with Crippen LogP contribution in [0.25, 0.3) is 0 Å². The Morgan fingerprint density at radius 2 is 2.32 bits per heavy atom. The summed E-state index contributed by atoms with van der Waals surface area (Å²) in [7, 11) is 3.84. The van der Waals surface area contributed by atoms with Crippen molar-refractivity contribution in [1.29, 1.82) is 0 Å². The molecule has 0 aromatic carbocycles. The summed E-state index contributed by atoms with van der Waals surface area (Å²) in [4.78, 5) is 13.1. The van der Waals surface area contributed by atoms with Crippen LogP contribution in [0.3, 0.4) is 0 Å². The molecule has 1 fully saturated rings. The van der Waals surface area contributed by atoms with Gasteiger partial charge in [0, 0.05) is 19.3 Å². The summed E-state index contributed by atoms with van der Waals surface area (Å²) in [6, 6.07) is 0. The SMILES string of the molecule is CN(C)c1nnc(SC2CCCC(N)(C(=O)O)C2)s1. The number of carboxylic acid groups (broad SMARTS) is 1. The third-order valence-electron chi connectivity index (χ3n) is 3.21. The fraction of sp³-hybridized carbons (Fsp3) is 0.727. The lowest BCUT2D eigenvalue weighted by Crippen LogP contribution is -2.51. The van der Waals surface area contributed by atoms with Crippen LogP contribution in [0.4, 0.5) is 5.13 Å². The molecule has 1 aliphatic carbocycles. The zero-order chi connectivity index (χ0) is 14.0. The number of anilines is 1. The van der Waals surface area contributed by atoms with E-state index in [1.54, 1.807) is 11.8 Å². The van der Waals surface area contributed by atoms with Gasteiger partial charge in [0.25, 0.3) is 0 Å².